The van der Waals surface area contributed by atoms with Gasteiger partial charge in [-0.05, 0) is 50.8 Å². The molecular formula is C27H25NO5S. The van der Waals surface area contributed by atoms with Crippen molar-refractivity contribution in [1.82, 2.24) is 5.32 Å². The Bertz CT molecular complexity index is 1430. The van der Waals surface area contributed by atoms with Gasteiger partial charge in [0.15, 0.2) is 11.2 Å². The molecule has 1 aromatic carbocycles. The highest BCUT2D eigenvalue weighted by molar-refractivity contribution is 7.10. The summed E-state index contributed by atoms with van der Waals surface area (Å²) in [7, 11) is 0. The third kappa shape index (κ3) is 3.70. The third-order valence-electron chi connectivity index (χ3n) is 6.53. The molecule has 6 nitrogen and oxygen atoms in total. The second kappa shape index (κ2) is 8.72. The maximum Gasteiger partial charge on any atom is 0.336 e. The molecular weight excluding hydrogens is 450 g/mol. The van der Waals surface area contributed by atoms with Gasteiger partial charge in [-0.3, -0.25) is 9.59 Å². The molecule has 2 aliphatic rings. The molecule has 0 unspecified atom stereocenters. The maximum atomic E-state index is 13.7. The Morgan fingerprint density at radius 1 is 1.21 bits per heavy atom. The Labute approximate surface area is 200 Å². The van der Waals surface area contributed by atoms with Crippen LogP contribution in [0.2, 0.25) is 0 Å². The van der Waals surface area contributed by atoms with Crippen molar-refractivity contribution in [2.75, 3.05) is 6.61 Å². The Morgan fingerprint density at radius 3 is 2.76 bits per heavy atom. The zero-order valence-electron chi connectivity index (χ0n) is 19.3. The number of benzene rings is 1. The number of allylic oxidation sites excluding steroid dienone is 3. The van der Waals surface area contributed by atoms with Gasteiger partial charge in [-0.15, -0.1) is 11.3 Å². The van der Waals surface area contributed by atoms with E-state index in [9.17, 15) is 14.4 Å². The monoisotopic (exact) mass is 475 g/mol. The zero-order chi connectivity index (χ0) is 24.0. The lowest BCUT2D eigenvalue weighted by molar-refractivity contribution is -0.138. The number of thiophene rings is 1. The molecule has 0 fully saturated rings. The topological polar surface area (TPSA) is 85.6 Å². The lowest BCUT2D eigenvalue weighted by Crippen LogP contribution is -2.37. The van der Waals surface area contributed by atoms with Gasteiger partial charge in [-0.1, -0.05) is 17.7 Å². The highest BCUT2D eigenvalue weighted by Gasteiger charge is 2.42. The molecule has 3 heterocycles. The normalized spacial score (nSPS) is 20.4. The lowest BCUT2D eigenvalue weighted by atomic mass is 9.73. The van der Waals surface area contributed by atoms with Crippen molar-refractivity contribution >= 4 is 34.1 Å². The zero-order valence-corrected chi connectivity index (χ0v) is 20.1. The predicted molar refractivity (Wildman–Crippen MR) is 131 cm³/mol. The first-order valence-corrected chi connectivity index (χ1v) is 12.2. The van der Waals surface area contributed by atoms with E-state index in [-0.39, 0.29) is 34.9 Å². The summed E-state index contributed by atoms with van der Waals surface area (Å²) in [5, 5.41) is 5.74. The number of nitrogens with one attached hydrogen (secondary N) is 1. The summed E-state index contributed by atoms with van der Waals surface area (Å²) in [5.74, 6) is -1.39. The van der Waals surface area contributed by atoms with Crippen molar-refractivity contribution in [3.05, 3.63) is 90.7 Å². The molecule has 1 N–H and O–H groups in total. The number of carbonyl (C=O) groups is 2. The van der Waals surface area contributed by atoms with E-state index in [1.807, 2.05) is 30.5 Å². The van der Waals surface area contributed by atoms with Crippen molar-refractivity contribution in [2.45, 2.75) is 45.4 Å². The fourth-order valence-corrected chi connectivity index (χ4v) is 5.84. The molecule has 3 aromatic rings. The molecule has 7 heteroatoms. The minimum Gasteiger partial charge on any atom is -0.464 e. The molecule has 1 aliphatic carbocycles. The number of hydrogen-bond acceptors (Lipinski definition) is 7. The van der Waals surface area contributed by atoms with Gasteiger partial charge in [-0.2, -0.15) is 0 Å². The highest BCUT2D eigenvalue weighted by Crippen LogP contribution is 2.45. The Hall–Kier alpha value is -3.45. The van der Waals surface area contributed by atoms with Crippen LogP contribution >= 0.6 is 11.3 Å². The minimum atomic E-state index is -0.840. The Kier molecular flexibility index (Phi) is 5.73. The van der Waals surface area contributed by atoms with E-state index in [0.29, 0.717) is 35.1 Å². The summed E-state index contributed by atoms with van der Waals surface area (Å²) in [6.07, 6.45) is 2.35. The second-order valence-electron chi connectivity index (χ2n) is 8.77. The molecule has 0 spiro atoms. The molecule has 0 radical (unpaired) electrons. The number of hydrogen-bond donors (Lipinski definition) is 1. The Morgan fingerprint density at radius 2 is 2.03 bits per heavy atom. The first-order chi connectivity index (χ1) is 16.4. The first-order valence-electron chi connectivity index (χ1n) is 11.4. The van der Waals surface area contributed by atoms with E-state index in [0.717, 1.165) is 16.1 Å². The van der Waals surface area contributed by atoms with E-state index in [1.54, 1.807) is 37.3 Å². The summed E-state index contributed by atoms with van der Waals surface area (Å²) < 4.78 is 11.2. The standard InChI is InChI=1S/C27H25NO5S/c1-4-32-27(31)23-15(3)28-19-11-16(22-6-5-9-34-22)12-20(29)25(19)24(23)18-13-33-21-8-7-14(2)10-17(21)26(18)30/h5-10,13,16,24,28H,4,11-12H2,1-3H3/t16-,24+/m1/s1. The summed E-state index contributed by atoms with van der Waals surface area (Å²) in [4.78, 5) is 41.5. The molecule has 2 atom stereocenters. The van der Waals surface area contributed by atoms with Crippen molar-refractivity contribution in [3.63, 3.8) is 0 Å². The van der Waals surface area contributed by atoms with Gasteiger partial charge < -0.3 is 14.5 Å². The van der Waals surface area contributed by atoms with E-state index < -0.39 is 11.9 Å². The predicted octanol–water partition coefficient (Wildman–Crippen LogP) is 5.09. The van der Waals surface area contributed by atoms with E-state index >= 15 is 0 Å². The SMILES string of the molecule is CCOC(=O)C1=C(C)NC2=C(C(=O)C[C@H](c3cccs3)C2)[C@H]1c1coc2ccc(C)cc2c1=O. The van der Waals surface area contributed by atoms with Crippen LogP contribution in [-0.2, 0) is 14.3 Å². The largest absolute Gasteiger partial charge is 0.464 e. The van der Waals surface area contributed by atoms with Gasteiger partial charge >= 0.3 is 5.97 Å². The van der Waals surface area contributed by atoms with Crippen LogP contribution in [0.1, 0.15) is 54.5 Å². The number of Topliss-reactive ketones (excluding diaryl/α,β-unsaturated/α-hetero) is 1. The van der Waals surface area contributed by atoms with Crippen LogP contribution in [0.15, 0.2) is 73.7 Å². The van der Waals surface area contributed by atoms with Crippen molar-refractivity contribution in [2.24, 2.45) is 0 Å². The molecule has 0 bridgehead atoms. The van der Waals surface area contributed by atoms with Crippen LogP contribution in [0.25, 0.3) is 11.0 Å². The van der Waals surface area contributed by atoms with Crippen molar-refractivity contribution in [3.8, 4) is 0 Å². The van der Waals surface area contributed by atoms with Crippen molar-refractivity contribution in [1.29, 1.82) is 0 Å². The van der Waals surface area contributed by atoms with Gasteiger partial charge in [0.2, 0.25) is 0 Å². The van der Waals surface area contributed by atoms with Crippen LogP contribution in [0.3, 0.4) is 0 Å². The molecule has 0 amide bonds. The summed E-state index contributed by atoms with van der Waals surface area (Å²) in [5.41, 5.74) is 3.51. The summed E-state index contributed by atoms with van der Waals surface area (Å²) >= 11 is 1.63. The van der Waals surface area contributed by atoms with Gasteiger partial charge in [0.25, 0.3) is 0 Å². The van der Waals surface area contributed by atoms with Gasteiger partial charge in [0.05, 0.1) is 29.7 Å². The van der Waals surface area contributed by atoms with Crippen LogP contribution < -0.4 is 10.7 Å². The number of fused-ring (bicyclic) bond motifs is 1. The number of ketones is 1. The summed E-state index contributed by atoms with van der Waals surface area (Å²) in [6.45, 7) is 5.61. The molecule has 0 saturated carbocycles. The fraction of sp³-hybridized carbons (Fsp3) is 0.296. The second-order valence-corrected chi connectivity index (χ2v) is 9.75. The van der Waals surface area contributed by atoms with E-state index in [2.05, 4.69) is 5.32 Å². The molecule has 0 saturated heterocycles. The van der Waals surface area contributed by atoms with Crippen LogP contribution in [0.4, 0.5) is 0 Å². The smallest absolute Gasteiger partial charge is 0.336 e. The van der Waals surface area contributed by atoms with E-state index in [4.69, 9.17) is 9.15 Å². The summed E-state index contributed by atoms with van der Waals surface area (Å²) in [6, 6.07) is 9.43. The number of ether oxygens (including phenoxy) is 1. The molecule has 174 valence electrons. The quantitative estimate of drug-likeness (QED) is 0.529. The van der Waals surface area contributed by atoms with Gasteiger partial charge in [-0.25, -0.2) is 4.79 Å². The number of dihydropyridines is 1. The molecule has 5 rings (SSSR count). The average molecular weight is 476 g/mol. The number of aryl methyl sites for hydroxylation is 1. The number of rotatable bonds is 4. The third-order valence-corrected chi connectivity index (χ3v) is 7.57. The van der Waals surface area contributed by atoms with Gasteiger partial charge in [0.1, 0.15) is 5.58 Å². The number of esters is 1. The number of carbonyl (C=O) groups excluding carboxylic acids is 2. The van der Waals surface area contributed by atoms with Crippen LogP contribution in [0.5, 0.6) is 0 Å². The van der Waals surface area contributed by atoms with Crippen LogP contribution in [0, 0.1) is 6.92 Å². The van der Waals surface area contributed by atoms with Crippen molar-refractivity contribution < 1.29 is 18.7 Å². The fourth-order valence-electron chi connectivity index (χ4n) is 5.01. The minimum absolute atomic E-state index is 0.0620. The maximum absolute atomic E-state index is 13.7. The van der Waals surface area contributed by atoms with E-state index in [1.165, 1.54) is 6.26 Å². The van der Waals surface area contributed by atoms with Gasteiger partial charge in [0, 0.05) is 39.7 Å². The highest BCUT2D eigenvalue weighted by atomic mass is 32.1. The first kappa shape index (κ1) is 22.3. The average Bonchev–Trinajstić information content (AvgIpc) is 3.34. The lowest BCUT2D eigenvalue weighted by Gasteiger charge is -2.36. The molecule has 34 heavy (non-hydrogen) atoms. The Balaban J connectivity index is 1.70. The molecule has 2 aromatic heterocycles. The van der Waals surface area contributed by atoms with Crippen LogP contribution in [-0.4, -0.2) is 18.4 Å². The molecule has 1 aliphatic heterocycles.